The first-order chi connectivity index (χ1) is 15.1. The number of nitrogens with one attached hydrogen (secondary N) is 1. The molecule has 0 saturated carbocycles. The van der Waals surface area contributed by atoms with Crippen LogP contribution in [0.1, 0.15) is 49.8 Å². The largest absolute Gasteiger partial charge is 0.393 e. The van der Waals surface area contributed by atoms with Crippen LogP contribution in [0.25, 0.3) is 5.57 Å². The van der Waals surface area contributed by atoms with E-state index in [2.05, 4.69) is 29.4 Å². The summed E-state index contributed by atoms with van der Waals surface area (Å²) in [7, 11) is 0. The van der Waals surface area contributed by atoms with E-state index in [1.165, 1.54) is 0 Å². The van der Waals surface area contributed by atoms with Gasteiger partial charge in [-0.1, -0.05) is 24.3 Å². The number of piperidine rings is 1. The zero-order chi connectivity index (χ0) is 21.6. The molecule has 0 bridgehead atoms. The summed E-state index contributed by atoms with van der Waals surface area (Å²) in [5.41, 5.74) is 3.46. The van der Waals surface area contributed by atoms with Crippen molar-refractivity contribution in [2.24, 2.45) is 10.9 Å². The Kier molecular flexibility index (Phi) is 7.37. The van der Waals surface area contributed by atoms with E-state index in [0.717, 1.165) is 36.0 Å². The molecule has 1 aromatic rings. The van der Waals surface area contributed by atoms with Crippen LogP contribution in [0.15, 0.2) is 35.5 Å². The van der Waals surface area contributed by atoms with Gasteiger partial charge in [0.25, 0.3) is 0 Å². The number of hydrogen-bond acceptors (Lipinski definition) is 6. The highest BCUT2D eigenvalue weighted by Crippen LogP contribution is 2.33. The maximum atomic E-state index is 12.5. The van der Waals surface area contributed by atoms with Crippen molar-refractivity contribution in [1.29, 1.82) is 0 Å². The third kappa shape index (κ3) is 5.53. The third-order valence-corrected chi connectivity index (χ3v) is 6.61. The molecule has 3 aliphatic heterocycles. The predicted molar refractivity (Wildman–Crippen MR) is 120 cm³/mol. The van der Waals surface area contributed by atoms with Crippen molar-refractivity contribution in [2.75, 3.05) is 32.9 Å². The molecule has 0 aliphatic carbocycles. The van der Waals surface area contributed by atoms with Crippen molar-refractivity contribution in [2.45, 2.75) is 50.9 Å². The van der Waals surface area contributed by atoms with Crippen LogP contribution in [0.2, 0.25) is 0 Å². The zero-order valence-corrected chi connectivity index (χ0v) is 18.2. The molecule has 4 rings (SSSR count). The molecule has 0 spiro atoms. The Morgan fingerprint density at radius 1 is 1.32 bits per heavy atom. The highest BCUT2D eigenvalue weighted by molar-refractivity contribution is 5.77. The fourth-order valence-electron chi connectivity index (χ4n) is 4.67. The molecule has 2 fully saturated rings. The molecule has 168 valence electrons. The fourth-order valence-corrected chi connectivity index (χ4v) is 4.67. The number of fused-ring (bicyclic) bond motifs is 1. The summed E-state index contributed by atoms with van der Waals surface area (Å²) >= 11 is 0. The Bertz CT molecular complexity index is 811. The quantitative estimate of drug-likeness (QED) is 0.729. The number of hydrogen-bond donors (Lipinski definition) is 2. The third-order valence-electron chi connectivity index (χ3n) is 6.61. The van der Waals surface area contributed by atoms with Crippen molar-refractivity contribution in [3.63, 3.8) is 0 Å². The topological polar surface area (TPSA) is 83.4 Å². The van der Waals surface area contributed by atoms with E-state index in [4.69, 9.17) is 9.47 Å². The van der Waals surface area contributed by atoms with E-state index in [1.807, 2.05) is 23.2 Å². The lowest BCUT2D eigenvalue weighted by atomic mass is 9.85. The number of ether oxygens (including phenoxy) is 2. The maximum Gasteiger partial charge on any atom is 0.248 e. The Hall–Kier alpha value is -2.22. The lowest BCUT2D eigenvalue weighted by Gasteiger charge is -2.35. The number of aliphatic imine (C=N–C) groups is 1. The number of likely N-dealkylation sites (tertiary alicyclic amines) is 1. The van der Waals surface area contributed by atoms with E-state index >= 15 is 0 Å². The Balaban J connectivity index is 1.30. The molecule has 31 heavy (non-hydrogen) atoms. The van der Waals surface area contributed by atoms with Crippen LogP contribution < -0.4 is 5.32 Å². The molecular formula is C24H33N3O4. The first kappa shape index (κ1) is 22.0. The van der Waals surface area contributed by atoms with Gasteiger partial charge in [-0.15, -0.1) is 0 Å². The lowest BCUT2D eigenvalue weighted by Crippen LogP contribution is -2.43. The molecular weight excluding hydrogens is 394 g/mol. The molecule has 7 nitrogen and oxygen atoms in total. The van der Waals surface area contributed by atoms with Crippen molar-refractivity contribution < 1.29 is 19.4 Å². The first-order valence-electron chi connectivity index (χ1n) is 11.3. The van der Waals surface area contributed by atoms with Crippen LogP contribution in [0.4, 0.5) is 0 Å². The lowest BCUT2D eigenvalue weighted by molar-refractivity contribution is -0.140. The van der Waals surface area contributed by atoms with Gasteiger partial charge in [0.15, 0.2) is 0 Å². The van der Waals surface area contributed by atoms with E-state index in [9.17, 15) is 9.90 Å². The molecule has 3 atom stereocenters. The molecule has 1 amide bonds. The number of carbonyl (C=O) groups excluding carboxylic acids is 1. The summed E-state index contributed by atoms with van der Waals surface area (Å²) in [5, 5.41) is 14.1. The summed E-state index contributed by atoms with van der Waals surface area (Å²) in [5.74, 6) is 0.206. The van der Waals surface area contributed by atoms with E-state index in [1.54, 1.807) is 6.34 Å². The van der Waals surface area contributed by atoms with Gasteiger partial charge in [-0.05, 0) is 48.8 Å². The Morgan fingerprint density at radius 3 is 2.90 bits per heavy atom. The second-order valence-electron chi connectivity index (χ2n) is 8.69. The maximum absolute atomic E-state index is 12.5. The van der Waals surface area contributed by atoms with E-state index in [-0.39, 0.29) is 30.6 Å². The minimum atomic E-state index is -0.456. The highest BCUT2D eigenvalue weighted by Gasteiger charge is 2.30. The minimum absolute atomic E-state index is 0.0340. The summed E-state index contributed by atoms with van der Waals surface area (Å²) in [6, 6.07) is 8.17. The predicted octanol–water partition coefficient (Wildman–Crippen LogP) is 2.52. The second kappa shape index (κ2) is 10.4. The van der Waals surface area contributed by atoms with Crippen LogP contribution in [-0.4, -0.2) is 67.4 Å². The van der Waals surface area contributed by atoms with Gasteiger partial charge in [-0.2, -0.15) is 0 Å². The fraction of sp³-hybridized carbons (Fsp3) is 0.583. The number of aliphatic hydroxyl groups is 1. The van der Waals surface area contributed by atoms with Gasteiger partial charge in [0.2, 0.25) is 5.91 Å². The summed E-state index contributed by atoms with van der Waals surface area (Å²) in [4.78, 5) is 19.0. The minimum Gasteiger partial charge on any atom is -0.393 e. The van der Waals surface area contributed by atoms with Gasteiger partial charge >= 0.3 is 0 Å². The average molecular weight is 428 g/mol. The van der Waals surface area contributed by atoms with Gasteiger partial charge in [-0.25, -0.2) is 0 Å². The van der Waals surface area contributed by atoms with E-state index < -0.39 is 6.10 Å². The van der Waals surface area contributed by atoms with E-state index in [0.29, 0.717) is 32.7 Å². The van der Waals surface area contributed by atoms with Crippen LogP contribution in [0.5, 0.6) is 0 Å². The molecule has 7 heteroatoms. The Morgan fingerprint density at radius 2 is 2.13 bits per heavy atom. The molecule has 0 radical (unpaired) electrons. The van der Waals surface area contributed by atoms with Crippen molar-refractivity contribution in [3.05, 3.63) is 41.6 Å². The molecule has 1 aromatic carbocycles. The van der Waals surface area contributed by atoms with Crippen LogP contribution in [0, 0.1) is 5.92 Å². The van der Waals surface area contributed by atoms with Gasteiger partial charge < -0.3 is 24.8 Å². The Labute approximate surface area is 184 Å². The summed E-state index contributed by atoms with van der Waals surface area (Å²) in [6.07, 6.45) is 6.29. The van der Waals surface area contributed by atoms with Crippen LogP contribution in [0.3, 0.4) is 0 Å². The molecule has 3 heterocycles. The van der Waals surface area contributed by atoms with Crippen molar-refractivity contribution in [1.82, 2.24) is 10.2 Å². The summed E-state index contributed by atoms with van der Waals surface area (Å²) < 4.78 is 11.0. The standard InChI is InChI=1S/C24H33N3O4/c1-17-13-25-16-26-22(21-5-3-2-4-20(17)21)12-23(28)18-6-9-27(10-7-18)24(29)15-31-19-8-11-30-14-19/h2-5,13,16,18-19,22-23,28H,6-12,14-15H2,1H3,(H,25,26)/b17-13+. The monoisotopic (exact) mass is 427 g/mol. The number of rotatable bonds is 6. The summed E-state index contributed by atoms with van der Waals surface area (Å²) in [6.45, 7) is 4.82. The molecule has 0 aromatic heterocycles. The van der Waals surface area contributed by atoms with Gasteiger partial charge in [0, 0.05) is 32.3 Å². The van der Waals surface area contributed by atoms with Crippen LogP contribution in [-0.2, 0) is 14.3 Å². The number of amides is 1. The SMILES string of the molecule is C/C1=C\NC=NC(CC(O)C2CCN(C(=O)COC3CCOC3)CC2)c2ccccc21. The van der Waals surface area contributed by atoms with Crippen molar-refractivity contribution >= 4 is 17.8 Å². The number of aliphatic hydroxyl groups excluding tert-OH is 1. The highest BCUT2D eigenvalue weighted by atomic mass is 16.5. The first-order valence-corrected chi connectivity index (χ1v) is 11.3. The number of carbonyl (C=O) groups is 1. The number of allylic oxidation sites excluding steroid dienone is 1. The molecule has 2 saturated heterocycles. The van der Waals surface area contributed by atoms with Gasteiger partial charge in [0.1, 0.15) is 6.61 Å². The average Bonchev–Trinajstić information content (AvgIpc) is 3.32. The smallest absolute Gasteiger partial charge is 0.248 e. The van der Waals surface area contributed by atoms with Gasteiger partial charge in [-0.3, -0.25) is 9.79 Å². The van der Waals surface area contributed by atoms with Crippen LogP contribution >= 0.6 is 0 Å². The second-order valence-corrected chi connectivity index (χ2v) is 8.69. The zero-order valence-electron chi connectivity index (χ0n) is 18.2. The number of benzene rings is 1. The number of nitrogens with zero attached hydrogens (tertiary/aromatic N) is 2. The molecule has 2 N–H and O–H groups in total. The van der Waals surface area contributed by atoms with Crippen molar-refractivity contribution in [3.8, 4) is 0 Å². The molecule has 3 unspecified atom stereocenters. The normalized spacial score (nSPS) is 26.9. The van der Waals surface area contributed by atoms with Gasteiger partial charge in [0.05, 0.1) is 31.2 Å². The molecule has 3 aliphatic rings.